The van der Waals surface area contributed by atoms with Crippen LogP contribution in [-0.2, 0) is 0 Å². The third-order valence-electron chi connectivity index (χ3n) is 8.55. The summed E-state index contributed by atoms with van der Waals surface area (Å²) in [5.74, 6) is 1.19. The van der Waals surface area contributed by atoms with Crippen molar-refractivity contribution in [1.82, 2.24) is 9.97 Å². The molecular formula is C28H29N5O3. The Morgan fingerprint density at radius 3 is 2.50 bits per heavy atom. The van der Waals surface area contributed by atoms with Gasteiger partial charge in [-0.3, -0.25) is 0 Å². The molecule has 1 aliphatic heterocycles. The van der Waals surface area contributed by atoms with Crippen molar-refractivity contribution in [3.05, 3.63) is 58.8 Å². The number of carbonyl (C=O) groups is 1. The molecule has 6 rings (SSSR count). The lowest BCUT2D eigenvalue weighted by atomic mass is 9.82. The summed E-state index contributed by atoms with van der Waals surface area (Å²) in [4.78, 5) is 23.7. The average Bonchev–Trinajstić information content (AvgIpc) is 3.53. The first kappa shape index (κ1) is 22.7. The number of fused-ring (bicyclic) bond motifs is 6. The van der Waals surface area contributed by atoms with Gasteiger partial charge in [0.2, 0.25) is 0 Å². The van der Waals surface area contributed by atoms with E-state index in [1.165, 1.54) is 0 Å². The van der Waals surface area contributed by atoms with Crippen molar-refractivity contribution in [1.29, 1.82) is 5.26 Å². The Bertz CT molecular complexity index is 1400. The fourth-order valence-corrected chi connectivity index (χ4v) is 6.97. The molecule has 2 aliphatic carbocycles. The van der Waals surface area contributed by atoms with E-state index in [2.05, 4.69) is 16.3 Å². The number of para-hydroxylation sites is 1. The summed E-state index contributed by atoms with van der Waals surface area (Å²) in [6, 6.07) is 12.8. The lowest BCUT2D eigenvalue weighted by Crippen LogP contribution is -2.28. The normalized spacial score (nSPS) is 27.2. The minimum atomic E-state index is -0.987. The molecule has 36 heavy (non-hydrogen) atoms. The molecule has 3 aliphatic rings. The van der Waals surface area contributed by atoms with Crippen molar-refractivity contribution < 1.29 is 15.0 Å². The number of anilines is 2. The molecule has 8 heteroatoms. The van der Waals surface area contributed by atoms with Gasteiger partial charge in [0, 0.05) is 24.3 Å². The van der Waals surface area contributed by atoms with Gasteiger partial charge in [0.1, 0.15) is 6.07 Å². The van der Waals surface area contributed by atoms with Crippen molar-refractivity contribution >= 4 is 28.5 Å². The fraction of sp³-hybridized carbons (Fsp3) is 0.429. The number of aliphatic hydroxyl groups is 1. The van der Waals surface area contributed by atoms with Crippen LogP contribution in [0.1, 0.15) is 53.0 Å². The number of aliphatic hydroxyl groups excluding tert-OH is 1. The van der Waals surface area contributed by atoms with Gasteiger partial charge in [-0.2, -0.15) is 5.26 Å². The minimum absolute atomic E-state index is 0.185. The van der Waals surface area contributed by atoms with Crippen LogP contribution in [0.25, 0.3) is 11.0 Å². The minimum Gasteiger partial charge on any atom is -0.478 e. The number of carboxylic acids is 1. The van der Waals surface area contributed by atoms with Crippen LogP contribution < -0.4 is 10.2 Å². The first-order chi connectivity index (χ1) is 17.4. The second-order valence-corrected chi connectivity index (χ2v) is 10.6. The zero-order chi connectivity index (χ0) is 25.1. The number of aromatic nitrogens is 2. The Morgan fingerprint density at radius 2 is 1.83 bits per heavy atom. The SMILES string of the molecule is Cc1cc([C@@H](C)Nc2ccccc2C(=O)O)c2nc(N3CC4C5CCC(C5O)C4C3)c(C#N)nc2c1. The van der Waals surface area contributed by atoms with Crippen molar-refractivity contribution in [2.45, 2.75) is 38.8 Å². The third kappa shape index (κ3) is 3.49. The molecule has 1 aromatic heterocycles. The molecule has 0 spiro atoms. The van der Waals surface area contributed by atoms with Crippen molar-refractivity contribution in [3.8, 4) is 6.07 Å². The first-order valence-corrected chi connectivity index (χ1v) is 12.6. The number of aryl methyl sites for hydroxylation is 1. The van der Waals surface area contributed by atoms with Crippen LogP contribution in [0.2, 0.25) is 0 Å². The van der Waals surface area contributed by atoms with Crippen molar-refractivity contribution in [2.75, 3.05) is 23.3 Å². The monoisotopic (exact) mass is 483 g/mol. The molecule has 0 radical (unpaired) electrons. The molecule has 2 aromatic carbocycles. The highest BCUT2D eigenvalue weighted by Crippen LogP contribution is 2.55. The molecule has 2 heterocycles. The van der Waals surface area contributed by atoms with Crippen LogP contribution in [-0.4, -0.2) is 45.3 Å². The van der Waals surface area contributed by atoms with Gasteiger partial charge in [0.05, 0.1) is 28.7 Å². The number of hydrogen-bond acceptors (Lipinski definition) is 7. The fourth-order valence-electron chi connectivity index (χ4n) is 6.97. The van der Waals surface area contributed by atoms with E-state index >= 15 is 0 Å². The lowest BCUT2D eigenvalue weighted by molar-refractivity contribution is 0.0698. The number of carboxylic acid groups (broad SMARTS) is 1. The number of rotatable bonds is 5. The van der Waals surface area contributed by atoms with Crippen LogP contribution in [0.15, 0.2) is 36.4 Å². The maximum absolute atomic E-state index is 11.7. The highest BCUT2D eigenvalue weighted by molar-refractivity contribution is 5.94. The number of nitriles is 1. The quantitative estimate of drug-likeness (QED) is 0.495. The topological polar surface area (TPSA) is 122 Å². The Kier molecular flexibility index (Phi) is 5.34. The third-order valence-corrected chi connectivity index (χ3v) is 8.55. The molecule has 8 nitrogen and oxygen atoms in total. The lowest BCUT2D eigenvalue weighted by Gasteiger charge is -2.24. The van der Waals surface area contributed by atoms with E-state index in [1.54, 1.807) is 24.3 Å². The van der Waals surface area contributed by atoms with Crippen molar-refractivity contribution in [3.63, 3.8) is 0 Å². The van der Waals surface area contributed by atoms with E-state index in [9.17, 15) is 20.3 Å². The van der Waals surface area contributed by atoms with E-state index in [4.69, 9.17) is 9.97 Å². The Morgan fingerprint density at radius 1 is 1.14 bits per heavy atom. The summed E-state index contributed by atoms with van der Waals surface area (Å²) in [6.07, 6.45) is 1.98. The molecule has 1 saturated heterocycles. The number of hydrogen-bond donors (Lipinski definition) is 3. The van der Waals surface area contributed by atoms with E-state index < -0.39 is 5.97 Å². The van der Waals surface area contributed by atoms with Crippen molar-refractivity contribution in [2.24, 2.45) is 23.7 Å². The maximum Gasteiger partial charge on any atom is 0.337 e. The second kappa shape index (κ2) is 8.45. The van der Waals surface area contributed by atoms with E-state index in [1.807, 2.05) is 26.0 Å². The summed E-state index contributed by atoms with van der Waals surface area (Å²) in [6.45, 7) is 5.54. The Hall–Kier alpha value is -3.70. The predicted molar refractivity (Wildman–Crippen MR) is 136 cm³/mol. The molecule has 0 amide bonds. The summed E-state index contributed by atoms with van der Waals surface area (Å²) >= 11 is 0. The van der Waals surface area contributed by atoms with Gasteiger partial charge in [0.15, 0.2) is 11.5 Å². The van der Waals surface area contributed by atoms with Gasteiger partial charge >= 0.3 is 5.97 Å². The molecule has 2 saturated carbocycles. The summed E-state index contributed by atoms with van der Waals surface area (Å²) < 4.78 is 0. The van der Waals surface area contributed by atoms with E-state index in [0.29, 0.717) is 51.9 Å². The molecule has 3 N–H and O–H groups in total. The molecular weight excluding hydrogens is 454 g/mol. The Balaban J connectivity index is 1.39. The summed E-state index contributed by atoms with van der Waals surface area (Å²) in [7, 11) is 0. The number of benzene rings is 2. The van der Waals surface area contributed by atoms with Gasteiger partial charge in [0.25, 0.3) is 0 Å². The standard InChI is InChI=1S/C28H29N5O3/c1-14-9-19(15(2)30-22-6-4-3-5-18(22)28(35)36)25-23(10-14)31-24(11-29)27(32-25)33-12-20-16-7-8-17(26(16)34)21(20)13-33/h3-6,9-10,15-17,20-21,26,30,34H,7-8,12-13H2,1-2H3,(H,35,36)/t15-,16?,17?,20?,21?,26?/m1/s1. The molecule has 184 valence electrons. The highest BCUT2D eigenvalue weighted by Gasteiger charge is 2.57. The van der Waals surface area contributed by atoms with Crippen LogP contribution in [0.5, 0.6) is 0 Å². The number of nitrogens with one attached hydrogen (secondary N) is 1. The smallest absolute Gasteiger partial charge is 0.337 e. The highest BCUT2D eigenvalue weighted by atomic mass is 16.4. The molecule has 4 unspecified atom stereocenters. The second-order valence-electron chi connectivity index (χ2n) is 10.6. The molecule has 3 fully saturated rings. The van der Waals surface area contributed by atoms with Gasteiger partial charge in [-0.05, 0) is 74.1 Å². The predicted octanol–water partition coefficient (Wildman–Crippen LogP) is 4.13. The van der Waals surface area contributed by atoms with E-state index in [0.717, 1.165) is 37.1 Å². The zero-order valence-corrected chi connectivity index (χ0v) is 20.3. The van der Waals surface area contributed by atoms with Gasteiger partial charge in [-0.25, -0.2) is 14.8 Å². The van der Waals surface area contributed by atoms with Crippen LogP contribution in [0, 0.1) is 41.9 Å². The molecule has 3 aromatic rings. The summed E-state index contributed by atoms with van der Waals surface area (Å²) in [5.41, 5.74) is 4.32. The zero-order valence-electron chi connectivity index (χ0n) is 20.3. The Labute approximate surface area is 209 Å². The number of aromatic carboxylic acids is 1. The average molecular weight is 484 g/mol. The van der Waals surface area contributed by atoms with Crippen LogP contribution in [0.4, 0.5) is 11.5 Å². The van der Waals surface area contributed by atoms with E-state index in [-0.39, 0.29) is 17.7 Å². The first-order valence-electron chi connectivity index (χ1n) is 12.6. The molecule has 2 bridgehead atoms. The number of nitrogens with zero attached hydrogens (tertiary/aromatic N) is 4. The summed E-state index contributed by atoms with van der Waals surface area (Å²) in [5, 5.41) is 33.5. The van der Waals surface area contributed by atoms with Crippen LogP contribution >= 0.6 is 0 Å². The molecule has 5 atom stereocenters. The van der Waals surface area contributed by atoms with Gasteiger partial charge < -0.3 is 20.4 Å². The maximum atomic E-state index is 11.7. The van der Waals surface area contributed by atoms with Gasteiger partial charge in [-0.1, -0.05) is 18.2 Å². The largest absolute Gasteiger partial charge is 0.478 e. The van der Waals surface area contributed by atoms with Crippen LogP contribution in [0.3, 0.4) is 0 Å². The van der Waals surface area contributed by atoms with Gasteiger partial charge in [-0.15, -0.1) is 0 Å².